The molecule has 6 heteroatoms. The quantitative estimate of drug-likeness (QED) is 0.827. The average Bonchev–Trinajstić information content (AvgIpc) is 2.88. The fraction of sp³-hybridized carbons (Fsp3) is 0.214. The number of hydrogen-bond donors (Lipinski definition) is 1. The van der Waals surface area contributed by atoms with Gasteiger partial charge in [-0.25, -0.2) is 0 Å². The molecule has 0 aliphatic rings. The lowest BCUT2D eigenvalue weighted by Gasteiger charge is -2.11. The first kappa shape index (κ1) is 15.1. The monoisotopic (exact) mass is 401 g/mol. The highest BCUT2D eigenvalue weighted by Gasteiger charge is 2.10. The van der Waals surface area contributed by atoms with Crippen LogP contribution in [0.4, 0.5) is 0 Å². The Hall–Kier alpha value is -1.27. The van der Waals surface area contributed by atoms with Gasteiger partial charge in [0.2, 0.25) is 0 Å². The number of hydrogen-bond acceptors (Lipinski definition) is 3. The lowest BCUT2D eigenvalue weighted by atomic mass is 10.2. The van der Waals surface area contributed by atoms with Crippen molar-refractivity contribution in [1.29, 1.82) is 0 Å². The van der Waals surface area contributed by atoms with Crippen LogP contribution in [0.2, 0.25) is 0 Å². The normalized spacial score (nSPS) is 10.3. The van der Waals surface area contributed by atoms with Crippen molar-refractivity contribution in [3.05, 3.63) is 50.8 Å². The van der Waals surface area contributed by atoms with Crippen LogP contribution in [0.1, 0.15) is 11.3 Å². The van der Waals surface area contributed by atoms with Crippen molar-refractivity contribution >= 4 is 37.8 Å². The van der Waals surface area contributed by atoms with E-state index in [1.165, 1.54) is 0 Å². The van der Waals surface area contributed by atoms with E-state index >= 15 is 0 Å². The van der Waals surface area contributed by atoms with Crippen LogP contribution in [-0.4, -0.2) is 12.5 Å². The molecule has 0 atom stereocenters. The number of furan rings is 1. The van der Waals surface area contributed by atoms with Crippen LogP contribution in [0.15, 0.2) is 43.9 Å². The van der Waals surface area contributed by atoms with Crippen LogP contribution < -0.4 is 10.1 Å². The minimum atomic E-state index is -0.208. The maximum Gasteiger partial charge on any atom is 0.258 e. The summed E-state index contributed by atoms with van der Waals surface area (Å²) in [5.74, 6) is 1.11. The number of benzene rings is 1. The third-order valence-electron chi connectivity index (χ3n) is 2.53. The van der Waals surface area contributed by atoms with Gasteiger partial charge in [0.25, 0.3) is 5.91 Å². The summed E-state index contributed by atoms with van der Waals surface area (Å²) in [6.45, 7) is 2.28. The summed E-state index contributed by atoms with van der Waals surface area (Å²) in [6.07, 6.45) is 1.57. The van der Waals surface area contributed by atoms with Gasteiger partial charge in [-0.1, -0.05) is 0 Å². The summed E-state index contributed by atoms with van der Waals surface area (Å²) >= 11 is 6.83. The van der Waals surface area contributed by atoms with Gasteiger partial charge in [-0.2, -0.15) is 0 Å². The SMILES string of the molecule is Cc1cc(Br)c(OCC(=O)NCc2ccco2)c(Br)c1. The molecule has 106 valence electrons. The first-order valence-corrected chi connectivity index (χ1v) is 7.52. The molecule has 2 aromatic rings. The Morgan fingerprint density at radius 3 is 2.65 bits per heavy atom. The van der Waals surface area contributed by atoms with Crippen molar-refractivity contribution in [3.8, 4) is 5.75 Å². The minimum Gasteiger partial charge on any atom is -0.481 e. The van der Waals surface area contributed by atoms with Gasteiger partial charge in [-0.15, -0.1) is 0 Å². The van der Waals surface area contributed by atoms with Crippen LogP contribution in [-0.2, 0) is 11.3 Å². The molecule has 0 aliphatic carbocycles. The van der Waals surface area contributed by atoms with Gasteiger partial charge in [0.05, 0.1) is 21.8 Å². The van der Waals surface area contributed by atoms with E-state index in [0.29, 0.717) is 18.1 Å². The molecule has 1 N–H and O–H groups in total. The zero-order chi connectivity index (χ0) is 14.5. The molecule has 0 radical (unpaired) electrons. The third kappa shape index (κ3) is 4.11. The summed E-state index contributed by atoms with van der Waals surface area (Å²) in [5, 5.41) is 2.72. The number of aryl methyl sites for hydroxylation is 1. The summed E-state index contributed by atoms with van der Waals surface area (Å²) in [7, 11) is 0. The molecular formula is C14H13Br2NO3. The Kier molecular flexibility index (Phi) is 5.25. The van der Waals surface area contributed by atoms with Gasteiger partial charge >= 0.3 is 0 Å². The van der Waals surface area contributed by atoms with Crippen LogP contribution in [0.5, 0.6) is 5.75 Å². The molecule has 0 spiro atoms. The van der Waals surface area contributed by atoms with E-state index in [4.69, 9.17) is 9.15 Å². The Bertz CT molecular complexity index is 573. The molecule has 0 aliphatic heterocycles. The van der Waals surface area contributed by atoms with Crippen LogP contribution in [0.3, 0.4) is 0 Å². The van der Waals surface area contributed by atoms with Crippen molar-refractivity contribution in [1.82, 2.24) is 5.32 Å². The lowest BCUT2D eigenvalue weighted by Crippen LogP contribution is -2.28. The van der Waals surface area contributed by atoms with Gasteiger partial charge in [0.15, 0.2) is 6.61 Å². The first-order valence-electron chi connectivity index (χ1n) is 5.94. The van der Waals surface area contributed by atoms with E-state index in [1.54, 1.807) is 18.4 Å². The Morgan fingerprint density at radius 1 is 1.35 bits per heavy atom. The van der Waals surface area contributed by atoms with Crippen molar-refractivity contribution in [2.24, 2.45) is 0 Å². The van der Waals surface area contributed by atoms with Crippen molar-refractivity contribution in [3.63, 3.8) is 0 Å². The topological polar surface area (TPSA) is 51.5 Å². The molecule has 0 bridgehead atoms. The number of rotatable bonds is 5. The molecule has 20 heavy (non-hydrogen) atoms. The summed E-state index contributed by atoms with van der Waals surface area (Å²) in [4.78, 5) is 11.7. The van der Waals surface area contributed by atoms with E-state index in [9.17, 15) is 4.79 Å². The van der Waals surface area contributed by atoms with Gasteiger partial charge in [0, 0.05) is 0 Å². The molecule has 0 saturated heterocycles. The fourth-order valence-corrected chi connectivity index (χ4v) is 3.26. The smallest absolute Gasteiger partial charge is 0.258 e. The molecule has 2 rings (SSSR count). The lowest BCUT2D eigenvalue weighted by molar-refractivity contribution is -0.123. The molecule has 0 saturated carbocycles. The van der Waals surface area contributed by atoms with Crippen LogP contribution in [0, 0.1) is 6.92 Å². The Labute approximate surface area is 133 Å². The summed E-state index contributed by atoms with van der Waals surface area (Å²) in [6, 6.07) is 7.44. The van der Waals surface area contributed by atoms with Crippen molar-refractivity contribution in [2.75, 3.05) is 6.61 Å². The van der Waals surface area contributed by atoms with E-state index in [-0.39, 0.29) is 12.5 Å². The molecule has 0 unspecified atom stereocenters. The zero-order valence-corrected chi connectivity index (χ0v) is 14.0. The van der Waals surface area contributed by atoms with Gasteiger partial charge in [-0.3, -0.25) is 4.79 Å². The zero-order valence-electron chi connectivity index (χ0n) is 10.8. The van der Waals surface area contributed by atoms with E-state index in [0.717, 1.165) is 14.5 Å². The van der Waals surface area contributed by atoms with Crippen molar-refractivity contribution in [2.45, 2.75) is 13.5 Å². The highest BCUT2D eigenvalue weighted by molar-refractivity contribution is 9.11. The fourth-order valence-electron chi connectivity index (χ4n) is 1.61. The maximum absolute atomic E-state index is 11.7. The highest BCUT2D eigenvalue weighted by Crippen LogP contribution is 2.34. The number of carbonyl (C=O) groups is 1. The predicted molar refractivity (Wildman–Crippen MR) is 82.6 cm³/mol. The van der Waals surface area contributed by atoms with Gasteiger partial charge in [-0.05, 0) is 68.6 Å². The van der Waals surface area contributed by atoms with E-state index in [2.05, 4.69) is 37.2 Å². The second kappa shape index (κ2) is 6.95. The minimum absolute atomic E-state index is 0.0546. The molecule has 1 amide bonds. The molecule has 0 fully saturated rings. The number of ether oxygens (including phenoxy) is 1. The standard InChI is InChI=1S/C14H13Br2NO3/c1-9-5-11(15)14(12(16)6-9)20-8-13(18)17-7-10-3-2-4-19-10/h2-6H,7-8H2,1H3,(H,17,18). The van der Waals surface area contributed by atoms with E-state index < -0.39 is 0 Å². The number of nitrogens with one attached hydrogen (secondary N) is 1. The molecular weight excluding hydrogens is 390 g/mol. The molecule has 1 aromatic carbocycles. The van der Waals surface area contributed by atoms with Gasteiger partial charge in [0.1, 0.15) is 11.5 Å². The molecule has 4 nitrogen and oxygen atoms in total. The van der Waals surface area contributed by atoms with Crippen LogP contribution >= 0.6 is 31.9 Å². The second-order valence-electron chi connectivity index (χ2n) is 4.20. The predicted octanol–water partition coefficient (Wildman–Crippen LogP) is 3.81. The third-order valence-corrected chi connectivity index (χ3v) is 3.71. The molecule has 1 aromatic heterocycles. The Balaban J connectivity index is 1.87. The number of amides is 1. The Morgan fingerprint density at radius 2 is 2.05 bits per heavy atom. The summed E-state index contributed by atoms with van der Waals surface area (Å²) < 4.78 is 12.3. The maximum atomic E-state index is 11.7. The van der Waals surface area contributed by atoms with E-state index in [1.807, 2.05) is 19.1 Å². The van der Waals surface area contributed by atoms with Crippen LogP contribution in [0.25, 0.3) is 0 Å². The van der Waals surface area contributed by atoms with Gasteiger partial charge < -0.3 is 14.5 Å². The number of halogens is 2. The number of carbonyl (C=O) groups excluding carboxylic acids is 1. The largest absolute Gasteiger partial charge is 0.481 e. The van der Waals surface area contributed by atoms with Crippen molar-refractivity contribution < 1.29 is 13.9 Å². The highest BCUT2D eigenvalue weighted by atomic mass is 79.9. The first-order chi connectivity index (χ1) is 9.56. The second-order valence-corrected chi connectivity index (χ2v) is 5.91. The average molecular weight is 403 g/mol. The molecule has 1 heterocycles. The summed E-state index contributed by atoms with van der Waals surface area (Å²) in [5.41, 5.74) is 1.10.